The highest BCUT2D eigenvalue weighted by Gasteiger charge is 2.24. The molecule has 0 saturated carbocycles. The lowest BCUT2D eigenvalue weighted by Crippen LogP contribution is -2.24. The van der Waals surface area contributed by atoms with Gasteiger partial charge in [0.25, 0.3) is 0 Å². The molecule has 1 fully saturated rings. The third kappa shape index (κ3) is 6.34. The normalized spacial score (nSPS) is 17.1. The average molecular weight is 418 g/mol. The molecule has 0 aliphatic carbocycles. The molecule has 0 aromatic heterocycles. The number of carbonyl (C=O) groups excluding carboxylic acids is 1. The molecule has 2 atom stereocenters. The largest absolute Gasteiger partial charge is 0.493 e. The monoisotopic (exact) mass is 418 g/mol. The van der Waals surface area contributed by atoms with E-state index in [1.165, 1.54) is 6.92 Å². The second-order valence-corrected chi connectivity index (χ2v) is 7.49. The van der Waals surface area contributed by atoms with Crippen molar-refractivity contribution in [2.45, 2.75) is 45.3 Å². The summed E-state index contributed by atoms with van der Waals surface area (Å²) < 4.78 is 35.8. The van der Waals surface area contributed by atoms with Crippen LogP contribution in [-0.4, -0.2) is 38.1 Å². The number of hydrogen-bond donors (Lipinski definition) is 1. The van der Waals surface area contributed by atoms with E-state index in [1.807, 2.05) is 55.5 Å². The Bertz CT molecular complexity index is 812. The van der Waals surface area contributed by atoms with Gasteiger partial charge in [-0.2, -0.15) is 0 Å². The number of halogens is 2. The van der Waals surface area contributed by atoms with Gasteiger partial charge in [-0.25, -0.2) is 8.78 Å². The van der Waals surface area contributed by atoms with Crippen LogP contribution in [0.3, 0.4) is 0 Å². The van der Waals surface area contributed by atoms with E-state index in [0.717, 1.165) is 36.5 Å². The zero-order chi connectivity index (χ0) is 21.5. The molecule has 1 saturated heterocycles. The Morgan fingerprint density at radius 3 is 2.43 bits per heavy atom. The number of benzene rings is 2. The zero-order valence-electron chi connectivity index (χ0n) is 17.3. The van der Waals surface area contributed by atoms with Crippen LogP contribution in [0.2, 0.25) is 0 Å². The van der Waals surface area contributed by atoms with Crippen molar-refractivity contribution >= 4 is 11.6 Å². The first-order valence-corrected chi connectivity index (χ1v) is 10.2. The van der Waals surface area contributed by atoms with Crippen LogP contribution in [0.1, 0.15) is 38.3 Å². The SMILES string of the molecule is CC(=O)N[C@@H](C)c1ccc(O[C@@H]2CCN(c3ccc(OCCC(F)F)cc3)C2)cc1. The predicted octanol–water partition coefficient (Wildman–Crippen LogP) is 4.58. The Balaban J connectivity index is 1.49. The van der Waals surface area contributed by atoms with Gasteiger partial charge in [0, 0.05) is 32.0 Å². The molecule has 1 N–H and O–H groups in total. The first kappa shape index (κ1) is 21.9. The molecule has 0 radical (unpaired) electrons. The second kappa shape index (κ2) is 10.3. The Morgan fingerprint density at radius 1 is 1.13 bits per heavy atom. The first-order valence-electron chi connectivity index (χ1n) is 10.2. The molecule has 1 aliphatic rings. The molecule has 3 rings (SSSR count). The molecule has 0 unspecified atom stereocenters. The molecular formula is C23H28F2N2O3. The zero-order valence-corrected chi connectivity index (χ0v) is 17.3. The van der Waals surface area contributed by atoms with Gasteiger partial charge in [-0.05, 0) is 48.9 Å². The molecule has 2 aromatic rings. The smallest absolute Gasteiger partial charge is 0.241 e. The lowest BCUT2D eigenvalue weighted by Gasteiger charge is -2.20. The number of carbonyl (C=O) groups is 1. The summed E-state index contributed by atoms with van der Waals surface area (Å²) in [5.74, 6) is 1.35. The number of alkyl halides is 2. The topological polar surface area (TPSA) is 50.8 Å². The quantitative estimate of drug-likeness (QED) is 0.648. The molecule has 1 heterocycles. The maximum Gasteiger partial charge on any atom is 0.241 e. The Morgan fingerprint density at radius 2 is 1.80 bits per heavy atom. The van der Waals surface area contributed by atoms with E-state index in [0.29, 0.717) is 5.75 Å². The second-order valence-electron chi connectivity index (χ2n) is 7.49. The molecule has 1 amide bonds. The van der Waals surface area contributed by atoms with Crippen molar-refractivity contribution in [1.29, 1.82) is 0 Å². The molecule has 1 aliphatic heterocycles. The highest BCUT2D eigenvalue weighted by Crippen LogP contribution is 2.26. The van der Waals surface area contributed by atoms with Crippen molar-refractivity contribution in [3.63, 3.8) is 0 Å². The lowest BCUT2D eigenvalue weighted by atomic mass is 10.1. The number of hydrogen-bond acceptors (Lipinski definition) is 4. The van der Waals surface area contributed by atoms with Gasteiger partial charge >= 0.3 is 0 Å². The molecule has 2 aromatic carbocycles. The summed E-state index contributed by atoms with van der Waals surface area (Å²) in [6, 6.07) is 15.3. The highest BCUT2D eigenvalue weighted by atomic mass is 19.3. The molecular weight excluding hydrogens is 390 g/mol. The molecule has 162 valence electrons. The predicted molar refractivity (Wildman–Crippen MR) is 112 cm³/mol. The number of amides is 1. The van der Waals surface area contributed by atoms with Gasteiger partial charge in [-0.3, -0.25) is 4.79 Å². The Kier molecular flexibility index (Phi) is 7.49. The van der Waals surface area contributed by atoms with E-state index in [-0.39, 0.29) is 31.1 Å². The molecule has 30 heavy (non-hydrogen) atoms. The fourth-order valence-corrected chi connectivity index (χ4v) is 3.49. The fraction of sp³-hybridized carbons (Fsp3) is 0.435. The molecule has 0 spiro atoms. The van der Waals surface area contributed by atoms with Crippen molar-refractivity contribution < 1.29 is 23.0 Å². The first-order chi connectivity index (χ1) is 14.4. The van der Waals surface area contributed by atoms with Crippen molar-refractivity contribution in [2.24, 2.45) is 0 Å². The van der Waals surface area contributed by atoms with Crippen LogP contribution in [0.25, 0.3) is 0 Å². The summed E-state index contributed by atoms with van der Waals surface area (Å²) >= 11 is 0. The summed E-state index contributed by atoms with van der Waals surface area (Å²) in [5.41, 5.74) is 2.09. The van der Waals surface area contributed by atoms with Crippen LogP contribution in [0.5, 0.6) is 11.5 Å². The van der Waals surface area contributed by atoms with Crippen molar-refractivity contribution in [3.05, 3.63) is 54.1 Å². The Hall–Kier alpha value is -2.83. The van der Waals surface area contributed by atoms with E-state index < -0.39 is 6.43 Å². The van der Waals surface area contributed by atoms with Gasteiger partial charge in [-0.15, -0.1) is 0 Å². The number of nitrogens with zero attached hydrogens (tertiary/aromatic N) is 1. The summed E-state index contributed by atoms with van der Waals surface area (Å²) in [4.78, 5) is 13.4. The average Bonchev–Trinajstić information content (AvgIpc) is 3.17. The lowest BCUT2D eigenvalue weighted by molar-refractivity contribution is -0.119. The van der Waals surface area contributed by atoms with E-state index in [9.17, 15) is 13.6 Å². The van der Waals surface area contributed by atoms with Crippen LogP contribution in [0, 0.1) is 0 Å². The summed E-state index contributed by atoms with van der Waals surface area (Å²) in [5, 5.41) is 2.87. The minimum Gasteiger partial charge on any atom is -0.493 e. The maximum atomic E-state index is 12.2. The standard InChI is InChI=1S/C23H28F2N2O3/c1-16(26-17(2)28)18-3-7-21(8-4-18)30-22-11-13-27(15-22)19-5-9-20(10-6-19)29-14-12-23(24)25/h3-10,16,22-23H,11-15H2,1-2H3,(H,26,28)/t16-,22+/m0/s1. The summed E-state index contributed by atoms with van der Waals surface area (Å²) in [7, 11) is 0. The van der Waals surface area contributed by atoms with Gasteiger partial charge < -0.3 is 19.7 Å². The van der Waals surface area contributed by atoms with Gasteiger partial charge in [0.1, 0.15) is 17.6 Å². The van der Waals surface area contributed by atoms with Gasteiger partial charge in [-0.1, -0.05) is 12.1 Å². The van der Waals surface area contributed by atoms with Gasteiger partial charge in [0.15, 0.2) is 0 Å². The molecule has 5 nitrogen and oxygen atoms in total. The van der Waals surface area contributed by atoms with Crippen LogP contribution < -0.4 is 19.7 Å². The van der Waals surface area contributed by atoms with Crippen LogP contribution in [0.15, 0.2) is 48.5 Å². The molecule has 7 heteroatoms. The van der Waals surface area contributed by atoms with Crippen molar-refractivity contribution in [3.8, 4) is 11.5 Å². The van der Waals surface area contributed by atoms with Crippen molar-refractivity contribution in [2.75, 3.05) is 24.6 Å². The van der Waals surface area contributed by atoms with Crippen LogP contribution in [0.4, 0.5) is 14.5 Å². The van der Waals surface area contributed by atoms with Gasteiger partial charge in [0.2, 0.25) is 12.3 Å². The minimum atomic E-state index is -2.34. The number of anilines is 1. The fourth-order valence-electron chi connectivity index (χ4n) is 3.49. The minimum absolute atomic E-state index is 0.0129. The number of nitrogens with one attached hydrogen (secondary N) is 1. The summed E-state index contributed by atoms with van der Waals surface area (Å²) in [6.45, 7) is 5.12. The summed E-state index contributed by atoms with van der Waals surface area (Å²) in [6.07, 6.45) is -1.61. The van der Waals surface area contributed by atoms with E-state index in [4.69, 9.17) is 9.47 Å². The Labute approximate surface area is 176 Å². The third-order valence-corrected chi connectivity index (χ3v) is 5.05. The number of ether oxygens (including phenoxy) is 2. The van der Waals surface area contributed by atoms with E-state index >= 15 is 0 Å². The number of rotatable bonds is 9. The third-order valence-electron chi connectivity index (χ3n) is 5.05. The molecule has 0 bridgehead atoms. The van der Waals surface area contributed by atoms with Crippen LogP contribution in [-0.2, 0) is 4.79 Å². The highest BCUT2D eigenvalue weighted by molar-refractivity contribution is 5.73. The van der Waals surface area contributed by atoms with E-state index in [2.05, 4.69) is 10.2 Å². The van der Waals surface area contributed by atoms with E-state index in [1.54, 1.807) is 0 Å². The van der Waals surface area contributed by atoms with Crippen LogP contribution >= 0.6 is 0 Å². The van der Waals surface area contributed by atoms with Crippen molar-refractivity contribution in [1.82, 2.24) is 5.32 Å². The maximum absolute atomic E-state index is 12.2. The van der Waals surface area contributed by atoms with Gasteiger partial charge in [0.05, 0.1) is 19.2 Å².